The van der Waals surface area contributed by atoms with Crippen LogP contribution in [0.25, 0.3) is 5.57 Å². The zero-order valence-electron chi connectivity index (χ0n) is 20.3. The van der Waals surface area contributed by atoms with Crippen molar-refractivity contribution in [3.63, 3.8) is 0 Å². The number of carbonyl (C=O) groups excluding carboxylic acids is 1. The molecule has 178 valence electrons. The van der Waals surface area contributed by atoms with Gasteiger partial charge in [0.1, 0.15) is 12.4 Å². The third kappa shape index (κ3) is 6.15. The summed E-state index contributed by atoms with van der Waals surface area (Å²) in [6, 6.07) is 6.02. The zero-order chi connectivity index (χ0) is 23.0. The van der Waals surface area contributed by atoms with E-state index in [0.717, 1.165) is 64.0 Å². The van der Waals surface area contributed by atoms with Gasteiger partial charge in [-0.15, -0.1) is 0 Å². The first-order valence-corrected chi connectivity index (χ1v) is 12.6. The second-order valence-electron chi connectivity index (χ2n) is 9.28. The third-order valence-electron chi connectivity index (χ3n) is 6.87. The van der Waals surface area contributed by atoms with Crippen molar-refractivity contribution in [1.82, 2.24) is 9.80 Å². The molecule has 0 radical (unpaired) electrons. The molecule has 1 amide bonds. The number of benzene rings is 1. The largest absolute Gasteiger partial charge is 0.491 e. The Bertz CT molecular complexity index is 931. The molecule has 0 saturated carbocycles. The molecule has 3 aliphatic rings. The molecule has 3 heterocycles. The highest BCUT2D eigenvalue weighted by Gasteiger charge is 2.24. The van der Waals surface area contributed by atoms with E-state index in [0.29, 0.717) is 31.1 Å². The molecular formula is C28H38N2O3. The molecule has 5 nitrogen and oxygen atoms in total. The van der Waals surface area contributed by atoms with Crippen molar-refractivity contribution in [1.29, 1.82) is 0 Å². The summed E-state index contributed by atoms with van der Waals surface area (Å²) in [5, 5.41) is 0. The molecule has 0 aromatic heterocycles. The van der Waals surface area contributed by atoms with Gasteiger partial charge in [0.15, 0.2) is 0 Å². The second-order valence-corrected chi connectivity index (χ2v) is 9.28. The molecule has 0 N–H and O–H groups in total. The fourth-order valence-electron chi connectivity index (χ4n) is 4.76. The zero-order valence-corrected chi connectivity index (χ0v) is 20.3. The van der Waals surface area contributed by atoms with Crippen molar-refractivity contribution in [2.45, 2.75) is 46.0 Å². The first-order valence-electron chi connectivity index (χ1n) is 12.6. The lowest BCUT2D eigenvalue weighted by molar-refractivity contribution is 0.0748. The van der Waals surface area contributed by atoms with Crippen LogP contribution in [-0.4, -0.2) is 68.3 Å². The summed E-state index contributed by atoms with van der Waals surface area (Å²) in [7, 11) is 0. The maximum atomic E-state index is 13.2. The lowest BCUT2D eigenvalue weighted by Gasteiger charge is -2.30. The standard InChI is InChI=1S/C28H38N2O3/c1-3-4-5-7-25-21-29(15-10-22(25)2)13-6-14-30-16-19-33-27-20-24(8-9-26(27)28(30)31)23-11-17-32-18-12-23/h5,7-9,11,20H,3-4,6,10,12-19,21H2,1-2H3/b7-5-. The molecule has 3 aliphatic heterocycles. The van der Waals surface area contributed by atoms with E-state index in [2.05, 4.69) is 43.0 Å². The van der Waals surface area contributed by atoms with Crippen LogP contribution in [0.2, 0.25) is 0 Å². The average Bonchev–Trinajstić information content (AvgIpc) is 3.00. The van der Waals surface area contributed by atoms with E-state index in [1.165, 1.54) is 23.1 Å². The van der Waals surface area contributed by atoms with Gasteiger partial charge >= 0.3 is 0 Å². The van der Waals surface area contributed by atoms with Gasteiger partial charge in [0.2, 0.25) is 0 Å². The SMILES string of the molecule is CCC/C=C\C1=C(C)CCN(CCCN2CCOc3cc(C4=CCOCC4)ccc3C2=O)C1. The highest BCUT2D eigenvalue weighted by atomic mass is 16.5. The lowest BCUT2D eigenvalue weighted by atomic mass is 9.99. The molecule has 0 saturated heterocycles. The van der Waals surface area contributed by atoms with E-state index in [-0.39, 0.29) is 5.91 Å². The summed E-state index contributed by atoms with van der Waals surface area (Å²) in [5.41, 5.74) is 6.08. The van der Waals surface area contributed by atoms with Crippen LogP contribution in [0, 0.1) is 0 Å². The van der Waals surface area contributed by atoms with Crippen molar-refractivity contribution in [2.24, 2.45) is 0 Å². The Hall–Kier alpha value is -2.37. The Morgan fingerprint density at radius 1 is 1.12 bits per heavy atom. The van der Waals surface area contributed by atoms with Gasteiger partial charge in [0.25, 0.3) is 5.91 Å². The van der Waals surface area contributed by atoms with E-state index >= 15 is 0 Å². The highest BCUT2D eigenvalue weighted by Crippen LogP contribution is 2.30. The number of hydrogen-bond donors (Lipinski definition) is 0. The monoisotopic (exact) mass is 450 g/mol. The molecule has 1 aromatic carbocycles. The van der Waals surface area contributed by atoms with Crippen LogP contribution < -0.4 is 4.74 Å². The summed E-state index contributed by atoms with van der Waals surface area (Å²) in [6.07, 6.45) is 12.1. The minimum Gasteiger partial charge on any atom is -0.491 e. The molecule has 0 unspecified atom stereocenters. The maximum absolute atomic E-state index is 13.2. The van der Waals surface area contributed by atoms with E-state index in [4.69, 9.17) is 9.47 Å². The van der Waals surface area contributed by atoms with Gasteiger partial charge in [0.05, 0.1) is 25.3 Å². The van der Waals surface area contributed by atoms with Gasteiger partial charge < -0.3 is 14.4 Å². The number of ether oxygens (including phenoxy) is 2. The number of fused-ring (bicyclic) bond motifs is 1. The molecule has 1 aromatic rings. The van der Waals surface area contributed by atoms with Crippen LogP contribution in [0.5, 0.6) is 5.75 Å². The Balaban J connectivity index is 1.33. The average molecular weight is 451 g/mol. The minimum atomic E-state index is 0.0904. The van der Waals surface area contributed by atoms with E-state index in [1.807, 2.05) is 17.0 Å². The Morgan fingerprint density at radius 2 is 2.03 bits per heavy atom. The van der Waals surface area contributed by atoms with Gasteiger partial charge in [-0.3, -0.25) is 9.69 Å². The number of nitrogens with zero attached hydrogens (tertiary/aromatic N) is 2. The third-order valence-corrected chi connectivity index (χ3v) is 6.87. The highest BCUT2D eigenvalue weighted by molar-refractivity contribution is 5.97. The van der Waals surface area contributed by atoms with Crippen LogP contribution >= 0.6 is 0 Å². The number of amides is 1. The Morgan fingerprint density at radius 3 is 2.85 bits per heavy atom. The first kappa shape index (κ1) is 23.8. The number of unbranched alkanes of at least 4 members (excludes halogenated alkanes) is 1. The number of rotatable bonds is 8. The molecule has 0 bridgehead atoms. The molecule has 5 heteroatoms. The molecule has 0 spiro atoms. The maximum Gasteiger partial charge on any atom is 0.257 e. The summed E-state index contributed by atoms with van der Waals surface area (Å²) in [6.45, 7) is 11.0. The fourth-order valence-corrected chi connectivity index (χ4v) is 4.76. The molecular weight excluding hydrogens is 412 g/mol. The molecule has 0 atom stereocenters. The topological polar surface area (TPSA) is 42.0 Å². The van der Waals surface area contributed by atoms with Crippen molar-refractivity contribution < 1.29 is 14.3 Å². The predicted molar refractivity (Wildman–Crippen MR) is 134 cm³/mol. The van der Waals surface area contributed by atoms with Crippen LogP contribution in [-0.2, 0) is 4.74 Å². The van der Waals surface area contributed by atoms with Crippen molar-refractivity contribution in [2.75, 3.05) is 52.5 Å². The normalized spacial score (nSPS) is 20.0. The number of allylic oxidation sites excluding steroid dienone is 1. The van der Waals surface area contributed by atoms with Gasteiger partial charge in [0, 0.05) is 26.2 Å². The molecule has 4 rings (SSSR count). The van der Waals surface area contributed by atoms with E-state index < -0.39 is 0 Å². The van der Waals surface area contributed by atoms with Crippen LogP contribution in [0.4, 0.5) is 0 Å². The fraction of sp³-hybridized carbons (Fsp3) is 0.536. The smallest absolute Gasteiger partial charge is 0.257 e. The van der Waals surface area contributed by atoms with Crippen molar-refractivity contribution >= 4 is 11.5 Å². The summed E-state index contributed by atoms with van der Waals surface area (Å²) in [5.74, 6) is 0.806. The van der Waals surface area contributed by atoms with Crippen LogP contribution in [0.3, 0.4) is 0 Å². The summed E-state index contributed by atoms with van der Waals surface area (Å²) < 4.78 is 11.4. The van der Waals surface area contributed by atoms with E-state index in [1.54, 1.807) is 0 Å². The quantitative estimate of drug-likeness (QED) is 0.553. The Labute approximate surface area is 198 Å². The first-order chi connectivity index (χ1) is 16.2. The van der Waals surface area contributed by atoms with Crippen LogP contribution in [0.1, 0.15) is 61.9 Å². The van der Waals surface area contributed by atoms with Gasteiger partial charge in [-0.1, -0.05) is 43.2 Å². The van der Waals surface area contributed by atoms with Crippen LogP contribution in [0.15, 0.2) is 47.6 Å². The van der Waals surface area contributed by atoms with Gasteiger partial charge in [-0.25, -0.2) is 0 Å². The summed E-state index contributed by atoms with van der Waals surface area (Å²) in [4.78, 5) is 17.7. The lowest BCUT2D eigenvalue weighted by Crippen LogP contribution is -2.37. The molecule has 33 heavy (non-hydrogen) atoms. The summed E-state index contributed by atoms with van der Waals surface area (Å²) >= 11 is 0. The van der Waals surface area contributed by atoms with E-state index in [9.17, 15) is 4.79 Å². The van der Waals surface area contributed by atoms with Crippen molar-refractivity contribution in [3.05, 3.63) is 58.7 Å². The van der Waals surface area contributed by atoms with Crippen molar-refractivity contribution in [3.8, 4) is 5.75 Å². The molecule has 0 fully saturated rings. The second kappa shape index (κ2) is 11.7. The minimum absolute atomic E-state index is 0.0904. The molecule has 0 aliphatic carbocycles. The van der Waals surface area contributed by atoms with Gasteiger partial charge in [-0.2, -0.15) is 0 Å². The number of carbonyl (C=O) groups is 1. The Kier molecular flexibility index (Phi) is 8.40. The number of hydrogen-bond acceptors (Lipinski definition) is 4. The predicted octanol–water partition coefficient (Wildman–Crippen LogP) is 5.09. The van der Waals surface area contributed by atoms with Gasteiger partial charge in [-0.05, 0) is 61.4 Å².